The first kappa shape index (κ1) is 20.6. The molecule has 0 bridgehead atoms. The Balaban J connectivity index is 1.50. The van der Waals surface area contributed by atoms with Gasteiger partial charge in [0, 0.05) is 17.8 Å². The molecule has 3 heterocycles. The van der Waals surface area contributed by atoms with E-state index in [0.717, 1.165) is 17.5 Å². The van der Waals surface area contributed by atoms with Gasteiger partial charge in [0.05, 0.1) is 18.4 Å². The molecular formula is C21H23N3O4S2. The zero-order chi connectivity index (χ0) is 21.1. The minimum absolute atomic E-state index is 0.202. The predicted molar refractivity (Wildman–Crippen MR) is 118 cm³/mol. The average molecular weight is 446 g/mol. The first-order valence-corrected chi connectivity index (χ1v) is 11.5. The maximum absolute atomic E-state index is 12.9. The summed E-state index contributed by atoms with van der Waals surface area (Å²) < 4.78 is 12.0. The van der Waals surface area contributed by atoms with Crippen LogP contribution in [0.5, 0.6) is 5.75 Å². The van der Waals surface area contributed by atoms with Crippen LogP contribution in [0.15, 0.2) is 35.7 Å². The van der Waals surface area contributed by atoms with Crippen LogP contribution in [0.1, 0.15) is 24.6 Å². The number of hydrogen-bond donors (Lipinski definition) is 0. The molecule has 7 nitrogen and oxygen atoms in total. The van der Waals surface area contributed by atoms with E-state index in [1.165, 1.54) is 21.1 Å². The zero-order valence-electron chi connectivity index (χ0n) is 16.9. The van der Waals surface area contributed by atoms with Crippen molar-refractivity contribution in [3.05, 3.63) is 40.6 Å². The van der Waals surface area contributed by atoms with Crippen molar-refractivity contribution in [2.24, 2.45) is 0 Å². The number of methoxy groups -OCH3 is 1. The summed E-state index contributed by atoms with van der Waals surface area (Å²) in [6, 6.07) is 9.52. The quantitative estimate of drug-likeness (QED) is 0.477. The van der Waals surface area contributed by atoms with Crippen LogP contribution in [0.25, 0.3) is 10.2 Å². The Kier molecular flexibility index (Phi) is 6.19. The van der Waals surface area contributed by atoms with Gasteiger partial charge in [0.1, 0.15) is 11.3 Å². The van der Waals surface area contributed by atoms with Crippen LogP contribution in [0.2, 0.25) is 0 Å². The average Bonchev–Trinajstić information content (AvgIpc) is 3.46. The molecule has 2 amide bonds. The Labute approximate surface area is 182 Å². The number of carbonyl (C=O) groups excluding carboxylic acids is 2. The lowest BCUT2D eigenvalue weighted by Gasteiger charge is -2.20. The third-order valence-electron chi connectivity index (χ3n) is 4.97. The highest BCUT2D eigenvalue weighted by Gasteiger charge is 2.41. The van der Waals surface area contributed by atoms with Crippen LogP contribution in [0.4, 0.5) is 9.93 Å². The maximum atomic E-state index is 12.9. The van der Waals surface area contributed by atoms with E-state index < -0.39 is 6.23 Å². The van der Waals surface area contributed by atoms with E-state index in [-0.39, 0.29) is 12.0 Å². The first-order valence-electron chi connectivity index (χ1n) is 9.84. The fourth-order valence-corrected chi connectivity index (χ4v) is 5.20. The van der Waals surface area contributed by atoms with E-state index in [2.05, 4.69) is 11.1 Å². The molecule has 158 valence electrons. The summed E-state index contributed by atoms with van der Waals surface area (Å²) in [6.45, 7) is 2.78. The molecule has 30 heavy (non-hydrogen) atoms. The summed E-state index contributed by atoms with van der Waals surface area (Å²) in [5.41, 5.74) is 0.698. The number of urea groups is 1. The number of ether oxygens (including phenoxy) is 2. The summed E-state index contributed by atoms with van der Waals surface area (Å²) >= 11 is 3.07. The van der Waals surface area contributed by atoms with Gasteiger partial charge in [0.15, 0.2) is 5.13 Å². The standard InChI is InChI=1S/C21H23N3O4S2/c1-3-23-13-17(28-18(25)11-4-7-14-8-6-12-29-14)24(21(23)26)20-22-19-15(27-2)9-5-10-16(19)30-20/h5-6,8-10,12,17H,3-4,7,11,13H2,1-2H3. The first-order chi connectivity index (χ1) is 14.6. The molecule has 0 radical (unpaired) electrons. The van der Waals surface area contributed by atoms with Gasteiger partial charge in [-0.1, -0.05) is 23.5 Å². The molecule has 4 rings (SSSR count). The second kappa shape index (κ2) is 9.01. The summed E-state index contributed by atoms with van der Waals surface area (Å²) in [5.74, 6) is 0.349. The fourth-order valence-electron chi connectivity index (χ4n) is 3.43. The van der Waals surface area contributed by atoms with E-state index in [1.54, 1.807) is 23.3 Å². The van der Waals surface area contributed by atoms with E-state index >= 15 is 0 Å². The van der Waals surface area contributed by atoms with Crippen molar-refractivity contribution >= 4 is 50.0 Å². The van der Waals surface area contributed by atoms with Gasteiger partial charge in [-0.25, -0.2) is 14.7 Å². The molecular weight excluding hydrogens is 422 g/mol. The molecule has 1 aliphatic rings. The van der Waals surface area contributed by atoms with Gasteiger partial charge in [-0.15, -0.1) is 11.3 Å². The number of aryl methyl sites for hydroxylation is 1. The Morgan fingerprint density at radius 2 is 2.17 bits per heavy atom. The molecule has 1 aromatic carbocycles. The molecule has 1 unspecified atom stereocenters. The molecule has 0 aliphatic carbocycles. The normalized spacial score (nSPS) is 16.5. The third kappa shape index (κ3) is 4.13. The number of thiophene rings is 1. The van der Waals surface area contributed by atoms with Crippen molar-refractivity contribution < 1.29 is 19.1 Å². The van der Waals surface area contributed by atoms with Crippen molar-refractivity contribution in [2.75, 3.05) is 25.1 Å². The number of fused-ring (bicyclic) bond motifs is 1. The Morgan fingerprint density at radius 3 is 2.90 bits per heavy atom. The molecule has 3 aromatic rings. The molecule has 1 atom stereocenters. The van der Waals surface area contributed by atoms with Crippen LogP contribution in [-0.2, 0) is 16.0 Å². The van der Waals surface area contributed by atoms with Crippen LogP contribution in [0.3, 0.4) is 0 Å². The van der Waals surface area contributed by atoms with Crippen molar-refractivity contribution in [3.63, 3.8) is 0 Å². The number of anilines is 1. The second-order valence-electron chi connectivity index (χ2n) is 6.87. The van der Waals surface area contributed by atoms with Gasteiger partial charge < -0.3 is 14.4 Å². The zero-order valence-corrected chi connectivity index (χ0v) is 18.5. The monoisotopic (exact) mass is 445 g/mol. The minimum Gasteiger partial charge on any atom is -0.494 e. The van der Waals surface area contributed by atoms with Crippen molar-refractivity contribution in [1.29, 1.82) is 0 Å². The van der Waals surface area contributed by atoms with Crippen LogP contribution < -0.4 is 9.64 Å². The lowest BCUT2D eigenvalue weighted by atomic mass is 10.2. The molecule has 0 spiro atoms. The highest BCUT2D eigenvalue weighted by Crippen LogP contribution is 2.37. The molecule has 0 N–H and O–H groups in total. The number of likely N-dealkylation sites (N-methyl/N-ethyl adjacent to an activating group) is 1. The topological polar surface area (TPSA) is 72.0 Å². The van der Waals surface area contributed by atoms with E-state index in [0.29, 0.717) is 35.9 Å². The van der Waals surface area contributed by atoms with Gasteiger partial charge in [0.25, 0.3) is 0 Å². The van der Waals surface area contributed by atoms with E-state index in [4.69, 9.17) is 9.47 Å². The lowest BCUT2D eigenvalue weighted by Crippen LogP contribution is -2.37. The van der Waals surface area contributed by atoms with Gasteiger partial charge in [-0.05, 0) is 43.3 Å². The summed E-state index contributed by atoms with van der Waals surface area (Å²) in [7, 11) is 1.59. The number of carbonyl (C=O) groups is 2. The van der Waals surface area contributed by atoms with Crippen LogP contribution >= 0.6 is 22.7 Å². The number of rotatable bonds is 8. The SMILES string of the molecule is CCN1CC(OC(=O)CCCc2cccs2)N(c2nc3c(OC)cccc3s2)C1=O. The Bertz CT molecular complexity index is 1030. The number of benzene rings is 1. The second-order valence-corrected chi connectivity index (χ2v) is 8.91. The molecule has 0 saturated carbocycles. The predicted octanol–water partition coefficient (Wildman–Crippen LogP) is 4.52. The lowest BCUT2D eigenvalue weighted by molar-refractivity contribution is -0.148. The number of thiazole rings is 1. The van der Waals surface area contributed by atoms with Gasteiger partial charge in [-0.2, -0.15) is 0 Å². The largest absolute Gasteiger partial charge is 0.494 e. The number of esters is 1. The maximum Gasteiger partial charge on any atom is 0.329 e. The Hall–Kier alpha value is -2.65. The molecule has 1 saturated heterocycles. The molecule has 2 aromatic heterocycles. The molecule has 1 aliphatic heterocycles. The number of amides is 2. The smallest absolute Gasteiger partial charge is 0.329 e. The van der Waals surface area contributed by atoms with Crippen LogP contribution in [-0.4, -0.2) is 48.3 Å². The van der Waals surface area contributed by atoms with Gasteiger partial charge in [-0.3, -0.25) is 4.79 Å². The molecule has 1 fully saturated rings. The van der Waals surface area contributed by atoms with Crippen molar-refractivity contribution in [3.8, 4) is 5.75 Å². The summed E-state index contributed by atoms with van der Waals surface area (Å²) in [4.78, 5) is 34.4. The fraction of sp³-hybridized carbons (Fsp3) is 0.381. The van der Waals surface area contributed by atoms with E-state index in [9.17, 15) is 9.59 Å². The van der Waals surface area contributed by atoms with Gasteiger partial charge >= 0.3 is 12.0 Å². The third-order valence-corrected chi connectivity index (χ3v) is 6.93. The summed E-state index contributed by atoms with van der Waals surface area (Å²) in [5, 5.41) is 2.54. The van der Waals surface area contributed by atoms with Crippen molar-refractivity contribution in [1.82, 2.24) is 9.88 Å². The van der Waals surface area contributed by atoms with Crippen LogP contribution in [0, 0.1) is 0 Å². The van der Waals surface area contributed by atoms with E-state index in [1.807, 2.05) is 36.6 Å². The highest BCUT2D eigenvalue weighted by atomic mass is 32.1. The number of aromatic nitrogens is 1. The minimum atomic E-state index is -0.682. The van der Waals surface area contributed by atoms with Crippen molar-refractivity contribution in [2.45, 2.75) is 32.4 Å². The van der Waals surface area contributed by atoms with Gasteiger partial charge in [0.2, 0.25) is 6.23 Å². The number of nitrogens with zero attached hydrogens (tertiary/aromatic N) is 3. The molecule has 9 heteroatoms. The number of hydrogen-bond acceptors (Lipinski definition) is 7. The Morgan fingerprint density at radius 1 is 1.30 bits per heavy atom. The summed E-state index contributed by atoms with van der Waals surface area (Å²) in [6.07, 6.45) is 1.20. The highest BCUT2D eigenvalue weighted by molar-refractivity contribution is 7.22. The number of para-hydroxylation sites is 1.